The number of nitrogens with two attached hydrogens (primary N) is 1. The number of hydrogen-bond donors (Lipinski definition) is 5. The van der Waals surface area contributed by atoms with Crippen LogP contribution in [0.3, 0.4) is 0 Å². The van der Waals surface area contributed by atoms with Crippen LogP contribution < -0.4 is 5.73 Å². The van der Waals surface area contributed by atoms with Crippen LogP contribution in [0.5, 0.6) is 0 Å². The summed E-state index contributed by atoms with van der Waals surface area (Å²) in [5.41, 5.74) is 6.16. The average Bonchev–Trinajstić information content (AvgIpc) is 2.89. The molecule has 11 heteroatoms. The summed E-state index contributed by atoms with van der Waals surface area (Å²) in [6, 6.07) is 0. The van der Waals surface area contributed by atoms with Gasteiger partial charge in [0.05, 0.1) is 19.0 Å². The van der Waals surface area contributed by atoms with Crippen molar-refractivity contribution < 1.29 is 25.2 Å². The van der Waals surface area contributed by atoms with E-state index in [1.54, 1.807) is 0 Å². The van der Waals surface area contributed by atoms with E-state index in [2.05, 4.69) is 15.0 Å². The van der Waals surface area contributed by atoms with Crippen LogP contribution in [-0.4, -0.2) is 71.0 Å². The summed E-state index contributed by atoms with van der Waals surface area (Å²) in [6.07, 6.45) is -4.75. The molecular formula is C12H16ClN5O5. The van der Waals surface area contributed by atoms with E-state index < -0.39 is 37.3 Å². The van der Waals surface area contributed by atoms with Gasteiger partial charge in [-0.2, -0.15) is 9.97 Å². The molecule has 10 nitrogen and oxygen atoms in total. The lowest BCUT2D eigenvalue weighted by atomic mass is 10.0. The summed E-state index contributed by atoms with van der Waals surface area (Å²) in [7, 11) is 0. The van der Waals surface area contributed by atoms with Crippen molar-refractivity contribution in [2.24, 2.45) is 0 Å². The molecule has 0 saturated carbocycles. The van der Waals surface area contributed by atoms with Crippen LogP contribution in [-0.2, 0) is 4.74 Å². The average molecular weight is 346 g/mol. The standard InChI is InChI=1S/C12H16ClN5O5/c13-10-7-11(17-12(14)16-10)18(3-15-7)6-1-4(20)8(21)9(22)5(2-19)23-6/h3-6,8-9,19-22H,1-2H2,(H2,14,16,17)/t4-,5?,6+,8?,9-/m0/s1. The highest BCUT2D eigenvalue weighted by Gasteiger charge is 2.39. The number of imidazole rings is 1. The van der Waals surface area contributed by atoms with E-state index in [0.717, 1.165) is 0 Å². The fourth-order valence-electron chi connectivity index (χ4n) is 2.57. The van der Waals surface area contributed by atoms with Crippen LogP contribution in [0.1, 0.15) is 12.6 Å². The fourth-order valence-corrected chi connectivity index (χ4v) is 2.79. The van der Waals surface area contributed by atoms with E-state index in [1.807, 2.05) is 0 Å². The molecule has 1 fully saturated rings. The smallest absolute Gasteiger partial charge is 0.223 e. The van der Waals surface area contributed by atoms with Gasteiger partial charge in [-0.1, -0.05) is 11.6 Å². The third-order valence-corrected chi connectivity index (χ3v) is 4.05. The molecule has 0 spiro atoms. The van der Waals surface area contributed by atoms with E-state index in [-0.39, 0.29) is 23.2 Å². The molecule has 6 N–H and O–H groups in total. The second-order valence-electron chi connectivity index (χ2n) is 5.29. The second kappa shape index (κ2) is 6.15. The highest BCUT2D eigenvalue weighted by molar-refractivity contribution is 6.33. The molecule has 0 radical (unpaired) electrons. The van der Waals surface area contributed by atoms with Crippen molar-refractivity contribution in [3.05, 3.63) is 11.5 Å². The Kier molecular flexibility index (Phi) is 4.36. The molecular weight excluding hydrogens is 330 g/mol. The maximum absolute atomic E-state index is 10.0. The highest BCUT2D eigenvalue weighted by atomic mass is 35.5. The van der Waals surface area contributed by atoms with Crippen molar-refractivity contribution in [1.29, 1.82) is 0 Å². The predicted molar refractivity (Wildman–Crippen MR) is 78.4 cm³/mol. The molecule has 3 rings (SSSR count). The van der Waals surface area contributed by atoms with Crippen molar-refractivity contribution in [3.8, 4) is 0 Å². The Morgan fingerprint density at radius 2 is 2.04 bits per heavy atom. The molecule has 3 heterocycles. The molecule has 0 amide bonds. The molecule has 126 valence electrons. The van der Waals surface area contributed by atoms with Crippen molar-refractivity contribution in [3.63, 3.8) is 0 Å². The zero-order valence-corrected chi connectivity index (χ0v) is 12.6. The summed E-state index contributed by atoms with van der Waals surface area (Å²) < 4.78 is 7.06. The van der Waals surface area contributed by atoms with Crippen LogP contribution in [0.25, 0.3) is 11.2 Å². The van der Waals surface area contributed by atoms with Crippen molar-refractivity contribution >= 4 is 28.7 Å². The van der Waals surface area contributed by atoms with Crippen LogP contribution in [0.15, 0.2) is 6.33 Å². The van der Waals surface area contributed by atoms with Crippen LogP contribution in [0.4, 0.5) is 5.95 Å². The lowest BCUT2D eigenvalue weighted by Gasteiger charge is -2.24. The minimum absolute atomic E-state index is 0.0539. The van der Waals surface area contributed by atoms with Gasteiger partial charge in [0.25, 0.3) is 0 Å². The number of halogens is 1. The lowest BCUT2D eigenvalue weighted by molar-refractivity contribution is -0.130. The molecule has 2 aromatic heterocycles. The van der Waals surface area contributed by atoms with E-state index in [0.29, 0.717) is 5.52 Å². The van der Waals surface area contributed by atoms with Crippen LogP contribution in [0, 0.1) is 0 Å². The quantitative estimate of drug-likeness (QED) is 0.405. The van der Waals surface area contributed by atoms with E-state index in [9.17, 15) is 20.4 Å². The van der Waals surface area contributed by atoms with Gasteiger partial charge >= 0.3 is 0 Å². The first kappa shape index (κ1) is 16.3. The molecule has 1 aliphatic rings. The first-order valence-electron chi connectivity index (χ1n) is 6.88. The van der Waals surface area contributed by atoms with Gasteiger partial charge in [-0.05, 0) is 0 Å². The van der Waals surface area contributed by atoms with Crippen LogP contribution >= 0.6 is 11.6 Å². The Morgan fingerprint density at radius 1 is 1.30 bits per heavy atom. The molecule has 5 atom stereocenters. The Morgan fingerprint density at radius 3 is 2.74 bits per heavy atom. The highest BCUT2D eigenvalue weighted by Crippen LogP contribution is 2.30. The lowest BCUT2D eigenvalue weighted by Crippen LogP contribution is -2.44. The van der Waals surface area contributed by atoms with Crippen LogP contribution in [0.2, 0.25) is 5.15 Å². The summed E-state index contributed by atoms with van der Waals surface area (Å²) in [6.45, 7) is -0.536. The summed E-state index contributed by atoms with van der Waals surface area (Å²) in [4.78, 5) is 11.9. The Balaban J connectivity index is 2.03. The SMILES string of the molecule is Nc1nc(Cl)c2ncn([C@H]3C[C@H](O)C(O)[C@@H](O)C(CO)O3)c2n1. The minimum Gasteiger partial charge on any atom is -0.394 e. The third kappa shape index (κ3) is 2.84. The summed E-state index contributed by atoms with van der Waals surface area (Å²) in [5, 5.41) is 39.2. The number of fused-ring (bicyclic) bond motifs is 1. The third-order valence-electron chi connectivity index (χ3n) is 3.79. The second-order valence-corrected chi connectivity index (χ2v) is 5.65. The normalized spacial score (nSPS) is 32.1. The molecule has 1 aliphatic heterocycles. The zero-order valence-electron chi connectivity index (χ0n) is 11.8. The number of rotatable bonds is 2. The molecule has 1 saturated heterocycles. The molecule has 2 unspecified atom stereocenters. The zero-order chi connectivity index (χ0) is 16.7. The molecule has 0 aromatic carbocycles. The topological polar surface area (TPSA) is 160 Å². The molecule has 23 heavy (non-hydrogen) atoms. The first-order chi connectivity index (χ1) is 10.9. The Bertz CT molecular complexity index is 712. The van der Waals surface area contributed by atoms with Gasteiger partial charge in [0.15, 0.2) is 10.8 Å². The number of nitrogen functional groups attached to an aromatic ring is 1. The number of aliphatic hydroxyl groups is 4. The first-order valence-corrected chi connectivity index (χ1v) is 7.26. The number of ether oxygens (including phenoxy) is 1. The molecule has 0 aliphatic carbocycles. The Labute approximate surface area is 135 Å². The fraction of sp³-hybridized carbons (Fsp3) is 0.583. The monoisotopic (exact) mass is 345 g/mol. The minimum atomic E-state index is -1.45. The van der Waals surface area contributed by atoms with Gasteiger partial charge in [-0.3, -0.25) is 4.57 Å². The van der Waals surface area contributed by atoms with Crippen molar-refractivity contribution in [2.45, 2.75) is 37.1 Å². The maximum Gasteiger partial charge on any atom is 0.223 e. The van der Waals surface area contributed by atoms with Crippen molar-refractivity contribution in [2.75, 3.05) is 12.3 Å². The van der Waals surface area contributed by atoms with Crippen molar-refractivity contribution in [1.82, 2.24) is 19.5 Å². The summed E-state index contributed by atoms with van der Waals surface area (Å²) in [5.74, 6) is -0.0581. The molecule has 0 bridgehead atoms. The largest absolute Gasteiger partial charge is 0.394 e. The van der Waals surface area contributed by atoms with Gasteiger partial charge in [-0.15, -0.1) is 0 Å². The Hall–Kier alpha value is -1.56. The van der Waals surface area contributed by atoms with E-state index in [1.165, 1.54) is 10.9 Å². The number of anilines is 1. The predicted octanol–water partition coefficient (Wildman–Crippen LogP) is -1.58. The number of hydrogen-bond acceptors (Lipinski definition) is 9. The molecule has 2 aromatic rings. The van der Waals surface area contributed by atoms with E-state index in [4.69, 9.17) is 22.1 Å². The maximum atomic E-state index is 10.0. The van der Waals surface area contributed by atoms with Gasteiger partial charge < -0.3 is 30.9 Å². The van der Waals surface area contributed by atoms with Gasteiger partial charge in [0.1, 0.15) is 30.1 Å². The van der Waals surface area contributed by atoms with Gasteiger partial charge in [0, 0.05) is 6.42 Å². The number of aliphatic hydroxyl groups excluding tert-OH is 4. The number of aromatic nitrogens is 4. The number of nitrogens with zero attached hydrogens (tertiary/aromatic N) is 4. The summed E-state index contributed by atoms with van der Waals surface area (Å²) >= 11 is 5.96. The van der Waals surface area contributed by atoms with Gasteiger partial charge in [0.2, 0.25) is 5.95 Å². The van der Waals surface area contributed by atoms with E-state index >= 15 is 0 Å². The van der Waals surface area contributed by atoms with Gasteiger partial charge in [-0.25, -0.2) is 4.98 Å².